The van der Waals surface area contributed by atoms with E-state index in [4.69, 9.17) is 0 Å². The largest absolute Gasteiger partial charge is 0.255 e. The Kier molecular flexibility index (Phi) is 1.98. The SMILES string of the molecule is CS(=O)c1ccc2sccc2c1. The summed E-state index contributed by atoms with van der Waals surface area (Å²) in [5, 5.41) is 3.24. The third-order valence-electron chi connectivity index (χ3n) is 1.76. The number of hydrogen-bond donors (Lipinski definition) is 0. The fraction of sp³-hybridized carbons (Fsp3) is 0.111. The fourth-order valence-corrected chi connectivity index (χ4v) is 2.45. The molecule has 0 saturated heterocycles. The van der Waals surface area contributed by atoms with Gasteiger partial charge in [0.05, 0.1) is 0 Å². The lowest BCUT2D eigenvalue weighted by Gasteiger charge is -1.94. The topological polar surface area (TPSA) is 17.1 Å². The smallest absolute Gasteiger partial charge is 0.0498 e. The Balaban J connectivity index is 2.68. The fourth-order valence-electron chi connectivity index (χ4n) is 1.12. The van der Waals surface area contributed by atoms with E-state index in [2.05, 4.69) is 6.07 Å². The summed E-state index contributed by atoms with van der Waals surface area (Å²) in [4.78, 5) is 0.904. The number of thiophene rings is 1. The van der Waals surface area contributed by atoms with E-state index in [1.54, 1.807) is 17.6 Å². The summed E-state index contributed by atoms with van der Waals surface area (Å²) in [6, 6.07) is 7.99. The number of benzene rings is 1. The van der Waals surface area contributed by atoms with Crippen LogP contribution in [0.3, 0.4) is 0 Å². The molecule has 0 aliphatic rings. The summed E-state index contributed by atoms with van der Waals surface area (Å²) in [5.41, 5.74) is 0. The molecule has 1 aromatic carbocycles. The van der Waals surface area contributed by atoms with Gasteiger partial charge in [0.25, 0.3) is 0 Å². The molecule has 0 bridgehead atoms. The maximum absolute atomic E-state index is 11.1. The van der Waals surface area contributed by atoms with Crippen LogP contribution in [0, 0.1) is 0 Å². The molecule has 1 heterocycles. The number of hydrogen-bond acceptors (Lipinski definition) is 2. The predicted octanol–water partition coefficient (Wildman–Crippen LogP) is 2.64. The Labute approximate surface area is 77.5 Å². The number of rotatable bonds is 1. The zero-order valence-corrected chi connectivity index (χ0v) is 8.24. The standard InChI is InChI=1S/C9H8OS2/c1-12(10)8-2-3-9-7(6-8)4-5-11-9/h2-6H,1H3. The molecule has 12 heavy (non-hydrogen) atoms. The summed E-state index contributed by atoms with van der Waals surface area (Å²) in [6.07, 6.45) is 1.70. The van der Waals surface area contributed by atoms with Gasteiger partial charge in [-0.2, -0.15) is 0 Å². The molecule has 2 aromatic rings. The van der Waals surface area contributed by atoms with Crippen LogP contribution in [0.15, 0.2) is 34.5 Å². The predicted molar refractivity (Wildman–Crippen MR) is 54.2 cm³/mol. The van der Waals surface area contributed by atoms with Gasteiger partial charge in [-0.15, -0.1) is 11.3 Å². The van der Waals surface area contributed by atoms with Gasteiger partial charge < -0.3 is 0 Å². The van der Waals surface area contributed by atoms with Gasteiger partial charge in [0.15, 0.2) is 0 Å². The van der Waals surface area contributed by atoms with Gasteiger partial charge in [0, 0.05) is 26.7 Å². The van der Waals surface area contributed by atoms with Crippen LogP contribution in [0.5, 0.6) is 0 Å². The van der Waals surface area contributed by atoms with Crippen LogP contribution in [0.25, 0.3) is 10.1 Å². The van der Waals surface area contributed by atoms with Crippen molar-refractivity contribution in [2.45, 2.75) is 4.90 Å². The van der Waals surface area contributed by atoms with E-state index in [-0.39, 0.29) is 0 Å². The molecule has 0 N–H and O–H groups in total. The normalized spacial score (nSPS) is 13.4. The molecule has 62 valence electrons. The first-order valence-electron chi connectivity index (χ1n) is 3.58. The van der Waals surface area contributed by atoms with Crippen LogP contribution in [0.2, 0.25) is 0 Å². The molecule has 0 radical (unpaired) electrons. The molecule has 3 heteroatoms. The van der Waals surface area contributed by atoms with Gasteiger partial charge in [0.1, 0.15) is 0 Å². The summed E-state index contributed by atoms with van der Waals surface area (Å²) >= 11 is 1.71. The molecule has 0 fully saturated rings. The van der Waals surface area contributed by atoms with Gasteiger partial charge in [-0.05, 0) is 35.0 Å². The Morgan fingerprint density at radius 3 is 2.92 bits per heavy atom. The second kappa shape index (κ2) is 2.99. The molecule has 0 amide bonds. The Morgan fingerprint density at radius 2 is 2.17 bits per heavy atom. The number of fused-ring (bicyclic) bond motifs is 1. The molecular formula is C9H8OS2. The van der Waals surface area contributed by atoms with Gasteiger partial charge in [-0.1, -0.05) is 0 Å². The molecule has 1 atom stereocenters. The first-order chi connectivity index (χ1) is 5.77. The average Bonchev–Trinajstić information content (AvgIpc) is 2.49. The molecule has 0 aliphatic carbocycles. The highest BCUT2D eigenvalue weighted by Gasteiger charge is 1.99. The van der Waals surface area contributed by atoms with Crippen LogP contribution in [0.4, 0.5) is 0 Å². The maximum Gasteiger partial charge on any atom is 0.0498 e. The molecule has 1 aromatic heterocycles. The van der Waals surface area contributed by atoms with Crippen LogP contribution in [-0.2, 0) is 10.8 Å². The first-order valence-corrected chi connectivity index (χ1v) is 6.02. The monoisotopic (exact) mass is 196 g/mol. The van der Waals surface area contributed by atoms with Crippen molar-refractivity contribution in [2.24, 2.45) is 0 Å². The van der Waals surface area contributed by atoms with E-state index < -0.39 is 10.8 Å². The Morgan fingerprint density at radius 1 is 1.33 bits per heavy atom. The van der Waals surface area contributed by atoms with E-state index in [1.165, 1.54) is 10.1 Å². The summed E-state index contributed by atoms with van der Waals surface area (Å²) in [7, 11) is -0.864. The minimum Gasteiger partial charge on any atom is -0.255 e. The van der Waals surface area contributed by atoms with E-state index in [0.29, 0.717) is 0 Å². The lowest BCUT2D eigenvalue weighted by Crippen LogP contribution is -1.84. The molecular weight excluding hydrogens is 188 g/mol. The first kappa shape index (κ1) is 7.95. The zero-order valence-electron chi connectivity index (χ0n) is 6.61. The van der Waals surface area contributed by atoms with Crippen LogP contribution in [-0.4, -0.2) is 10.5 Å². The molecule has 1 nitrogen and oxygen atoms in total. The average molecular weight is 196 g/mol. The zero-order chi connectivity index (χ0) is 8.55. The lowest BCUT2D eigenvalue weighted by molar-refractivity contribution is 0.687. The molecule has 0 saturated carbocycles. The van der Waals surface area contributed by atoms with Gasteiger partial charge in [-0.3, -0.25) is 4.21 Å². The third kappa shape index (κ3) is 1.30. The van der Waals surface area contributed by atoms with Crippen LogP contribution < -0.4 is 0 Å². The van der Waals surface area contributed by atoms with E-state index in [0.717, 1.165) is 4.90 Å². The molecule has 0 aliphatic heterocycles. The van der Waals surface area contributed by atoms with Crippen molar-refractivity contribution in [2.75, 3.05) is 6.26 Å². The highest BCUT2D eigenvalue weighted by Crippen LogP contribution is 2.22. The molecule has 2 rings (SSSR count). The lowest BCUT2D eigenvalue weighted by atomic mass is 10.3. The van der Waals surface area contributed by atoms with Crippen molar-refractivity contribution in [3.63, 3.8) is 0 Å². The molecule has 1 unspecified atom stereocenters. The summed E-state index contributed by atoms with van der Waals surface area (Å²) in [5.74, 6) is 0. The third-order valence-corrected chi connectivity index (χ3v) is 3.57. The van der Waals surface area contributed by atoms with Crippen molar-refractivity contribution in [3.8, 4) is 0 Å². The minimum atomic E-state index is -0.864. The second-order valence-corrected chi connectivity index (χ2v) is 4.90. The van der Waals surface area contributed by atoms with Gasteiger partial charge in [0.2, 0.25) is 0 Å². The minimum absolute atomic E-state index is 0.864. The van der Waals surface area contributed by atoms with E-state index >= 15 is 0 Å². The Bertz CT molecular complexity index is 431. The van der Waals surface area contributed by atoms with Crippen molar-refractivity contribution in [3.05, 3.63) is 29.6 Å². The van der Waals surface area contributed by atoms with Crippen molar-refractivity contribution < 1.29 is 4.21 Å². The van der Waals surface area contributed by atoms with Gasteiger partial charge in [-0.25, -0.2) is 0 Å². The van der Waals surface area contributed by atoms with E-state index in [9.17, 15) is 4.21 Å². The Hall–Kier alpha value is -0.670. The highest BCUT2D eigenvalue weighted by atomic mass is 32.2. The second-order valence-electron chi connectivity index (χ2n) is 2.57. The van der Waals surface area contributed by atoms with E-state index in [1.807, 2.05) is 23.6 Å². The summed E-state index contributed by atoms with van der Waals surface area (Å²) < 4.78 is 12.4. The van der Waals surface area contributed by atoms with Crippen molar-refractivity contribution >= 4 is 32.2 Å². The van der Waals surface area contributed by atoms with Crippen LogP contribution >= 0.6 is 11.3 Å². The van der Waals surface area contributed by atoms with Gasteiger partial charge >= 0.3 is 0 Å². The summed E-state index contributed by atoms with van der Waals surface area (Å²) in [6.45, 7) is 0. The van der Waals surface area contributed by atoms with Crippen molar-refractivity contribution in [1.29, 1.82) is 0 Å². The van der Waals surface area contributed by atoms with Crippen LogP contribution in [0.1, 0.15) is 0 Å². The van der Waals surface area contributed by atoms with Crippen molar-refractivity contribution in [1.82, 2.24) is 0 Å². The highest BCUT2D eigenvalue weighted by molar-refractivity contribution is 7.84. The maximum atomic E-state index is 11.1. The molecule has 0 spiro atoms. The quantitative estimate of drug-likeness (QED) is 0.685.